The highest BCUT2D eigenvalue weighted by Gasteiger charge is 2.46. The van der Waals surface area contributed by atoms with Crippen molar-refractivity contribution in [3.63, 3.8) is 0 Å². The Bertz CT molecular complexity index is 1300. The predicted molar refractivity (Wildman–Crippen MR) is 145 cm³/mol. The summed E-state index contributed by atoms with van der Waals surface area (Å²) in [6.07, 6.45) is 8.80. The van der Waals surface area contributed by atoms with Crippen molar-refractivity contribution in [1.29, 1.82) is 0 Å². The van der Waals surface area contributed by atoms with E-state index in [2.05, 4.69) is 11.9 Å². The minimum atomic E-state index is -0.855. The number of ketones is 1. The van der Waals surface area contributed by atoms with Gasteiger partial charge in [0.05, 0.1) is 31.2 Å². The number of halogens is 1. The number of carbonyl (C=O) groups excluding carboxylic acids is 2. The number of imidazole rings is 1. The summed E-state index contributed by atoms with van der Waals surface area (Å²) < 4.78 is 27.3. The molecule has 1 atom stereocenters. The van der Waals surface area contributed by atoms with Crippen molar-refractivity contribution in [2.75, 3.05) is 19.8 Å². The minimum Gasteiger partial charge on any atom is -0.507 e. The molecular weight excluding hydrogens is 501 g/mol. The number of likely N-dealkylation sites (tertiary alicyclic amines) is 1. The molecule has 206 valence electrons. The molecule has 1 fully saturated rings. The fourth-order valence-corrected chi connectivity index (χ4v) is 4.68. The topological polar surface area (TPSA) is 93.9 Å². The lowest BCUT2D eigenvalue weighted by atomic mass is 9.95. The van der Waals surface area contributed by atoms with Crippen molar-refractivity contribution in [1.82, 2.24) is 14.5 Å². The van der Waals surface area contributed by atoms with Crippen molar-refractivity contribution in [3.8, 4) is 11.5 Å². The van der Waals surface area contributed by atoms with Crippen LogP contribution in [-0.4, -0.2) is 51.0 Å². The molecule has 4 rings (SSSR count). The van der Waals surface area contributed by atoms with Gasteiger partial charge in [-0.1, -0.05) is 25.8 Å². The lowest BCUT2D eigenvalue weighted by Gasteiger charge is -2.26. The van der Waals surface area contributed by atoms with Gasteiger partial charge in [0.15, 0.2) is 11.5 Å². The number of amides is 1. The quantitative estimate of drug-likeness (QED) is 0.134. The molecule has 1 aromatic heterocycles. The van der Waals surface area contributed by atoms with Crippen molar-refractivity contribution in [3.05, 3.63) is 83.7 Å². The number of rotatable bonds is 13. The van der Waals surface area contributed by atoms with Crippen LogP contribution in [0.4, 0.5) is 4.39 Å². The number of unbranched alkanes of at least 4 members (excludes halogenated alkanes) is 2. The van der Waals surface area contributed by atoms with Gasteiger partial charge in [-0.25, -0.2) is 9.37 Å². The molecule has 39 heavy (non-hydrogen) atoms. The largest absolute Gasteiger partial charge is 0.507 e. The van der Waals surface area contributed by atoms with Gasteiger partial charge in [0.1, 0.15) is 11.6 Å². The number of Topliss-reactive ketones (excluding diaryl/α,β-unsaturated/α-hetero) is 1. The summed E-state index contributed by atoms with van der Waals surface area (Å²) >= 11 is 0. The van der Waals surface area contributed by atoms with Crippen LogP contribution in [0.1, 0.15) is 56.7 Å². The zero-order valence-corrected chi connectivity index (χ0v) is 22.3. The number of benzene rings is 2. The average molecular weight is 536 g/mol. The highest BCUT2D eigenvalue weighted by Crippen LogP contribution is 2.42. The molecule has 2 aromatic carbocycles. The summed E-state index contributed by atoms with van der Waals surface area (Å²) in [4.78, 5) is 32.1. The lowest BCUT2D eigenvalue weighted by molar-refractivity contribution is -0.139. The first-order valence-corrected chi connectivity index (χ1v) is 13.3. The predicted octanol–water partition coefficient (Wildman–Crippen LogP) is 5.50. The summed E-state index contributed by atoms with van der Waals surface area (Å²) in [5, 5.41) is 11.2. The molecule has 8 nitrogen and oxygen atoms in total. The molecule has 3 aromatic rings. The molecule has 2 heterocycles. The number of hydrogen-bond acceptors (Lipinski definition) is 6. The van der Waals surface area contributed by atoms with Crippen molar-refractivity contribution >= 4 is 17.4 Å². The summed E-state index contributed by atoms with van der Waals surface area (Å²) in [6, 6.07) is 9.62. The Morgan fingerprint density at radius 3 is 2.49 bits per heavy atom. The van der Waals surface area contributed by atoms with Crippen LogP contribution < -0.4 is 9.47 Å². The molecule has 1 amide bonds. The van der Waals surface area contributed by atoms with Gasteiger partial charge in [0.25, 0.3) is 11.7 Å². The number of nitrogens with zero attached hydrogens (tertiary/aromatic N) is 3. The van der Waals surface area contributed by atoms with Crippen LogP contribution >= 0.6 is 0 Å². The standard InChI is InChI=1S/C30H34FN3O5/c1-3-5-6-18-39-24-13-10-22(19-25(24)38-4-2)27-26(28(35)21-8-11-23(31)12-9-21)29(36)30(37)34(27)16-7-15-33-17-14-32-20-33/h8-14,17,19-20,27,35H,3-7,15-16,18H2,1-2H3/b28-26+. The van der Waals surface area contributed by atoms with Gasteiger partial charge in [-0.05, 0) is 61.7 Å². The van der Waals surface area contributed by atoms with E-state index in [9.17, 15) is 19.1 Å². The molecule has 0 spiro atoms. The number of aryl methyl sites for hydroxylation is 1. The number of aromatic nitrogens is 2. The fraction of sp³-hybridized carbons (Fsp3) is 0.367. The van der Waals surface area contributed by atoms with Crippen molar-refractivity contribution in [2.45, 2.75) is 52.1 Å². The molecule has 1 unspecified atom stereocenters. The summed E-state index contributed by atoms with van der Waals surface area (Å²) in [5.74, 6) is -1.24. The third kappa shape index (κ3) is 6.47. The van der Waals surface area contributed by atoms with Crippen LogP contribution in [0.3, 0.4) is 0 Å². The Kier molecular flexibility index (Phi) is 9.35. The van der Waals surface area contributed by atoms with Crippen molar-refractivity contribution < 1.29 is 28.6 Å². The Morgan fingerprint density at radius 2 is 1.79 bits per heavy atom. The highest BCUT2D eigenvalue weighted by atomic mass is 19.1. The van der Waals surface area contributed by atoms with Gasteiger partial charge in [0, 0.05) is 31.0 Å². The van der Waals surface area contributed by atoms with E-state index in [1.54, 1.807) is 30.7 Å². The fourth-order valence-electron chi connectivity index (χ4n) is 4.68. The first-order valence-electron chi connectivity index (χ1n) is 13.3. The summed E-state index contributed by atoms with van der Waals surface area (Å²) in [5.41, 5.74) is 0.803. The number of carbonyl (C=O) groups is 2. The van der Waals surface area contributed by atoms with Gasteiger partial charge >= 0.3 is 0 Å². The molecule has 0 radical (unpaired) electrons. The van der Waals surface area contributed by atoms with E-state index in [1.807, 2.05) is 17.7 Å². The third-order valence-corrected chi connectivity index (χ3v) is 6.62. The molecule has 9 heteroatoms. The number of hydrogen-bond donors (Lipinski definition) is 1. The molecule has 0 saturated carbocycles. The molecule has 1 aliphatic heterocycles. The van der Waals surface area contributed by atoms with Gasteiger partial charge in [-0.2, -0.15) is 0 Å². The van der Waals surface area contributed by atoms with E-state index in [0.717, 1.165) is 19.3 Å². The van der Waals surface area contributed by atoms with Crippen LogP contribution in [0.15, 0.2) is 66.8 Å². The highest BCUT2D eigenvalue weighted by molar-refractivity contribution is 6.46. The Balaban J connectivity index is 1.72. The average Bonchev–Trinajstić information content (AvgIpc) is 3.54. The van der Waals surface area contributed by atoms with Crippen LogP contribution in [0.5, 0.6) is 11.5 Å². The molecule has 0 bridgehead atoms. The smallest absolute Gasteiger partial charge is 0.295 e. The minimum absolute atomic E-state index is 0.0479. The van der Waals surface area contributed by atoms with Gasteiger partial charge in [0.2, 0.25) is 0 Å². The van der Waals surface area contributed by atoms with E-state index in [-0.39, 0.29) is 23.4 Å². The maximum atomic E-state index is 13.6. The van der Waals surface area contributed by atoms with Crippen LogP contribution in [0.25, 0.3) is 5.76 Å². The zero-order chi connectivity index (χ0) is 27.8. The van der Waals surface area contributed by atoms with E-state index < -0.39 is 23.5 Å². The van der Waals surface area contributed by atoms with E-state index in [4.69, 9.17) is 9.47 Å². The molecule has 1 N–H and O–H groups in total. The van der Waals surface area contributed by atoms with Gasteiger partial charge < -0.3 is 24.0 Å². The summed E-state index contributed by atoms with van der Waals surface area (Å²) in [6.45, 7) is 5.80. The lowest BCUT2D eigenvalue weighted by Crippen LogP contribution is -2.31. The van der Waals surface area contributed by atoms with Gasteiger partial charge in [-0.3, -0.25) is 9.59 Å². The second kappa shape index (κ2) is 13.1. The Hall–Kier alpha value is -4.14. The first-order chi connectivity index (χ1) is 18.9. The molecule has 0 aliphatic carbocycles. The number of ether oxygens (including phenoxy) is 2. The van der Waals surface area contributed by atoms with Crippen LogP contribution in [0, 0.1) is 5.82 Å². The molecule has 1 aliphatic rings. The zero-order valence-electron chi connectivity index (χ0n) is 22.3. The second-order valence-electron chi connectivity index (χ2n) is 9.35. The Morgan fingerprint density at radius 1 is 1.00 bits per heavy atom. The summed E-state index contributed by atoms with van der Waals surface area (Å²) in [7, 11) is 0. The van der Waals surface area contributed by atoms with Gasteiger partial charge in [-0.15, -0.1) is 0 Å². The molecule has 1 saturated heterocycles. The third-order valence-electron chi connectivity index (χ3n) is 6.62. The van der Waals surface area contributed by atoms with E-state index in [1.165, 1.54) is 29.2 Å². The molecular formula is C30H34FN3O5. The van der Waals surface area contributed by atoms with Crippen LogP contribution in [-0.2, 0) is 16.1 Å². The Labute approximate surface area is 227 Å². The monoisotopic (exact) mass is 535 g/mol. The second-order valence-corrected chi connectivity index (χ2v) is 9.35. The van der Waals surface area contributed by atoms with Crippen LogP contribution in [0.2, 0.25) is 0 Å². The maximum absolute atomic E-state index is 13.6. The normalized spacial score (nSPS) is 16.6. The number of aliphatic hydroxyl groups is 1. The first kappa shape index (κ1) is 27.9. The van der Waals surface area contributed by atoms with Crippen molar-refractivity contribution in [2.24, 2.45) is 0 Å². The maximum Gasteiger partial charge on any atom is 0.295 e. The number of aliphatic hydroxyl groups excluding tert-OH is 1. The van der Waals surface area contributed by atoms with E-state index >= 15 is 0 Å². The SMILES string of the molecule is CCCCCOc1ccc(C2/C(=C(\O)c3ccc(F)cc3)C(=O)C(=O)N2CCCn2ccnc2)cc1OCC. The van der Waals surface area contributed by atoms with E-state index in [0.29, 0.717) is 43.2 Å².